The van der Waals surface area contributed by atoms with Crippen LogP contribution in [0.4, 0.5) is 5.69 Å². The van der Waals surface area contributed by atoms with Gasteiger partial charge in [0.15, 0.2) is 0 Å². The lowest BCUT2D eigenvalue weighted by Gasteiger charge is -2.12. The van der Waals surface area contributed by atoms with Gasteiger partial charge in [0.2, 0.25) is 0 Å². The first kappa shape index (κ1) is 17.5. The Balaban J connectivity index is 2.15. The van der Waals surface area contributed by atoms with E-state index >= 15 is 0 Å². The van der Waals surface area contributed by atoms with E-state index in [1.807, 2.05) is 0 Å². The molecule has 0 saturated heterocycles. The number of aromatic carboxylic acids is 1. The second-order valence-electron chi connectivity index (χ2n) is 5.30. The number of carbonyl (C=O) groups excluding carboxylic acids is 2. The average Bonchev–Trinajstić information content (AvgIpc) is 2.99. The number of esters is 1. The summed E-state index contributed by atoms with van der Waals surface area (Å²) < 4.78 is 32.5. The van der Waals surface area contributed by atoms with Crippen LogP contribution < -0.4 is 9.83 Å². The van der Waals surface area contributed by atoms with Gasteiger partial charge in [-0.15, -0.1) is 0 Å². The Hall–Kier alpha value is -3.33. The van der Waals surface area contributed by atoms with Crippen LogP contribution in [-0.4, -0.2) is 32.5 Å². The normalized spacial score (nSPS) is 11.3. The molecule has 0 radical (unpaired) electrons. The Labute approximate surface area is 148 Å². The molecule has 9 heteroatoms. The number of methoxy groups -OCH3 is 1. The molecule has 0 fully saturated rings. The third-order valence-electron chi connectivity index (χ3n) is 3.73. The van der Waals surface area contributed by atoms with Gasteiger partial charge < -0.3 is 19.6 Å². The Morgan fingerprint density at radius 2 is 1.73 bits per heavy atom. The smallest absolute Gasteiger partial charge is 0.339 e. The molecule has 3 rings (SSSR count). The number of para-hydroxylation sites is 1. The number of hydrogen-bond donors (Lipinski definition) is 2. The minimum atomic E-state index is -4.28. The van der Waals surface area contributed by atoms with Gasteiger partial charge in [-0.25, -0.2) is 13.2 Å². The number of aromatic nitrogens is 1. The molecule has 2 N–H and O–H groups in total. The van der Waals surface area contributed by atoms with E-state index in [0.29, 0.717) is 10.9 Å². The van der Waals surface area contributed by atoms with Crippen molar-refractivity contribution in [3.63, 3.8) is 0 Å². The molecule has 0 aliphatic rings. The highest BCUT2D eigenvalue weighted by Gasteiger charge is 2.25. The quantitative estimate of drug-likeness (QED) is 0.645. The Morgan fingerprint density at radius 3 is 2.42 bits per heavy atom. The van der Waals surface area contributed by atoms with E-state index in [4.69, 9.17) is 0 Å². The molecule has 1 aromatic heterocycles. The van der Waals surface area contributed by atoms with E-state index in [0.717, 1.165) is 7.11 Å². The van der Waals surface area contributed by atoms with Crippen LogP contribution in [0.5, 0.6) is 0 Å². The van der Waals surface area contributed by atoms with Crippen molar-refractivity contribution in [2.24, 2.45) is 0 Å². The number of rotatable bonds is 5. The number of benzene rings is 2. The van der Waals surface area contributed by atoms with E-state index in [9.17, 15) is 23.1 Å². The molecule has 0 atom stereocenters. The zero-order chi connectivity index (χ0) is 18.9. The highest BCUT2D eigenvalue weighted by molar-refractivity contribution is 7.92. The van der Waals surface area contributed by atoms with Crippen LogP contribution in [0.3, 0.4) is 0 Å². The summed E-state index contributed by atoms with van der Waals surface area (Å²) in [5.74, 6) is -2.40. The fourth-order valence-corrected chi connectivity index (χ4v) is 3.86. The zero-order valence-corrected chi connectivity index (χ0v) is 14.3. The average molecular weight is 373 g/mol. The fraction of sp³-hybridized carbons (Fsp3) is 0.0588. The third-order valence-corrected chi connectivity index (χ3v) is 5.14. The van der Waals surface area contributed by atoms with Crippen LogP contribution in [0, 0.1) is 0 Å². The van der Waals surface area contributed by atoms with Crippen LogP contribution in [0.15, 0.2) is 53.4 Å². The summed E-state index contributed by atoms with van der Waals surface area (Å²) in [4.78, 5) is 25.5. The van der Waals surface area contributed by atoms with Crippen molar-refractivity contribution < 1.29 is 27.9 Å². The third kappa shape index (κ3) is 3.00. The van der Waals surface area contributed by atoms with Crippen LogP contribution in [0.25, 0.3) is 10.9 Å². The predicted octanol–water partition coefficient (Wildman–Crippen LogP) is 1.12. The molecule has 134 valence electrons. The van der Waals surface area contributed by atoms with Crippen LogP contribution in [0.2, 0.25) is 0 Å². The summed E-state index contributed by atoms with van der Waals surface area (Å²) in [6, 6.07) is 11.9. The minimum absolute atomic E-state index is 0.166. The summed E-state index contributed by atoms with van der Waals surface area (Å²) in [7, 11) is -3.15. The van der Waals surface area contributed by atoms with Crippen molar-refractivity contribution in [1.82, 2.24) is 4.98 Å². The van der Waals surface area contributed by atoms with Gasteiger partial charge in [-0.2, -0.15) is 0 Å². The number of carboxylic acids is 1. The molecule has 26 heavy (non-hydrogen) atoms. The number of carboxylic acid groups (broad SMARTS) is 1. The van der Waals surface area contributed by atoms with Crippen molar-refractivity contribution in [2.45, 2.75) is 4.90 Å². The summed E-state index contributed by atoms with van der Waals surface area (Å²) in [5, 5.41) is 11.7. The Kier molecular flexibility index (Phi) is 4.39. The monoisotopic (exact) mass is 373 g/mol. The van der Waals surface area contributed by atoms with Crippen LogP contribution in [0.1, 0.15) is 20.8 Å². The highest BCUT2D eigenvalue weighted by Crippen LogP contribution is 2.30. The number of aromatic amines is 1. The van der Waals surface area contributed by atoms with Gasteiger partial charge in [0.25, 0.3) is 10.0 Å². The first-order chi connectivity index (χ1) is 12.3. The summed E-state index contributed by atoms with van der Waals surface area (Å²) in [6.07, 6.45) is 0. The van der Waals surface area contributed by atoms with Crippen molar-refractivity contribution in [3.8, 4) is 0 Å². The fourth-order valence-electron chi connectivity index (χ4n) is 2.57. The number of anilines is 1. The molecule has 0 unspecified atom stereocenters. The molecule has 0 saturated carbocycles. The largest absolute Gasteiger partial charge is 0.543 e. The summed E-state index contributed by atoms with van der Waals surface area (Å²) >= 11 is 0. The Bertz CT molecular complexity index is 1120. The van der Waals surface area contributed by atoms with Crippen molar-refractivity contribution >= 4 is 38.6 Å². The van der Waals surface area contributed by atoms with Gasteiger partial charge in [0.05, 0.1) is 30.0 Å². The lowest BCUT2D eigenvalue weighted by atomic mass is 10.2. The number of sulfonamides is 1. The maximum atomic E-state index is 12.8. The SMILES string of the molecule is COC(=O)c1ccccc1S(=O)(=O)Nc1c(C(=O)[O-])[nH]c2ccccc12. The lowest BCUT2D eigenvalue weighted by Crippen LogP contribution is -2.25. The standard InChI is InChI=1S/C17H14N2O6S/c1-25-17(22)11-7-3-5-9-13(11)26(23,24)19-14-10-6-2-4-8-12(10)18-15(14)16(20)21/h2-9,18-19H,1H3,(H,20,21)/p-1. The Morgan fingerprint density at radius 1 is 1.08 bits per heavy atom. The number of nitrogens with one attached hydrogen (secondary N) is 2. The van der Waals surface area contributed by atoms with Crippen LogP contribution in [-0.2, 0) is 14.8 Å². The molecule has 3 aromatic rings. The zero-order valence-electron chi connectivity index (χ0n) is 13.5. The predicted molar refractivity (Wildman–Crippen MR) is 91.2 cm³/mol. The number of ether oxygens (including phenoxy) is 1. The first-order valence-electron chi connectivity index (χ1n) is 7.37. The molecule has 1 heterocycles. The van der Waals surface area contributed by atoms with Gasteiger partial charge >= 0.3 is 5.97 Å². The van der Waals surface area contributed by atoms with E-state index in [2.05, 4.69) is 14.4 Å². The maximum Gasteiger partial charge on any atom is 0.339 e. The number of fused-ring (bicyclic) bond motifs is 1. The molecule has 8 nitrogen and oxygen atoms in total. The molecular weight excluding hydrogens is 360 g/mol. The number of H-pyrrole nitrogens is 1. The van der Waals surface area contributed by atoms with Crippen molar-refractivity contribution in [3.05, 3.63) is 59.8 Å². The molecule has 0 spiro atoms. The van der Waals surface area contributed by atoms with Gasteiger partial charge in [-0.05, 0) is 18.2 Å². The topological polar surface area (TPSA) is 128 Å². The lowest BCUT2D eigenvalue weighted by molar-refractivity contribution is -0.255. The van der Waals surface area contributed by atoms with Gasteiger partial charge in [-0.3, -0.25) is 4.72 Å². The van der Waals surface area contributed by atoms with E-state index in [1.54, 1.807) is 24.3 Å². The van der Waals surface area contributed by atoms with Gasteiger partial charge in [-0.1, -0.05) is 30.3 Å². The van der Waals surface area contributed by atoms with E-state index in [-0.39, 0.29) is 16.1 Å². The van der Waals surface area contributed by atoms with Gasteiger partial charge in [0, 0.05) is 10.9 Å². The molecule has 0 bridgehead atoms. The number of carbonyl (C=O) groups is 2. The second-order valence-corrected chi connectivity index (χ2v) is 6.95. The molecule has 0 amide bonds. The molecule has 0 aliphatic heterocycles. The highest BCUT2D eigenvalue weighted by atomic mass is 32.2. The van der Waals surface area contributed by atoms with Crippen LogP contribution >= 0.6 is 0 Å². The first-order valence-corrected chi connectivity index (χ1v) is 8.85. The molecule has 2 aromatic carbocycles. The minimum Gasteiger partial charge on any atom is -0.543 e. The van der Waals surface area contributed by atoms with Gasteiger partial charge in [0.1, 0.15) is 4.90 Å². The summed E-state index contributed by atoms with van der Waals surface area (Å²) in [6.45, 7) is 0. The van der Waals surface area contributed by atoms with E-state index in [1.165, 1.54) is 24.3 Å². The summed E-state index contributed by atoms with van der Waals surface area (Å²) in [5.41, 5.74) is -0.325. The van der Waals surface area contributed by atoms with Crippen molar-refractivity contribution in [1.29, 1.82) is 0 Å². The second kappa shape index (κ2) is 6.52. The van der Waals surface area contributed by atoms with Crippen molar-refractivity contribution in [2.75, 3.05) is 11.8 Å². The number of hydrogen-bond acceptors (Lipinski definition) is 6. The van der Waals surface area contributed by atoms with E-state index < -0.39 is 27.7 Å². The molecule has 0 aliphatic carbocycles. The maximum absolute atomic E-state index is 12.8. The molecular formula is C17H13N2O6S-.